The van der Waals surface area contributed by atoms with Crippen LogP contribution in [-0.4, -0.2) is 0 Å². The smallest absolute Gasteiger partial charge is 0.0463 e. The van der Waals surface area contributed by atoms with Crippen molar-refractivity contribution in [2.75, 3.05) is 10.2 Å². The van der Waals surface area contributed by atoms with E-state index < -0.39 is 0 Å². The molecule has 26 heavy (non-hydrogen) atoms. The fourth-order valence-corrected chi connectivity index (χ4v) is 3.17. The third kappa shape index (κ3) is 3.70. The minimum atomic E-state index is 0. The summed E-state index contributed by atoms with van der Waals surface area (Å²) in [6, 6.07) is 29.5. The Kier molecular flexibility index (Phi) is 4.83. The molecule has 0 saturated carbocycles. The number of nitrogens with one attached hydrogen (secondary N) is 1. The molecule has 3 aromatic carbocycles. The van der Waals surface area contributed by atoms with Crippen LogP contribution in [0.25, 0.3) is 0 Å². The summed E-state index contributed by atoms with van der Waals surface area (Å²) in [5.74, 6) is 0. The SMILES string of the molecule is C1=CC(Nc2ccc(N(c3ccccc3)c3ccccc3)cc2)=CCC1.[HH]. The highest BCUT2D eigenvalue weighted by molar-refractivity contribution is 5.77. The lowest BCUT2D eigenvalue weighted by Crippen LogP contribution is -2.09. The highest BCUT2D eigenvalue weighted by Gasteiger charge is 2.11. The Morgan fingerprint density at radius 2 is 1.23 bits per heavy atom. The van der Waals surface area contributed by atoms with E-state index in [4.69, 9.17) is 0 Å². The second-order valence-electron chi connectivity index (χ2n) is 6.32. The molecule has 0 bridgehead atoms. The van der Waals surface area contributed by atoms with Gasteiger partial charge in [0.2, 0.25) is 0 Å². The molecule has 0 aromatic heterocycles. The number of rotatable bonds is 5. The maximum Gasteiger partial charge on any atom is 0.0463 e. The van der Waals surface area contributed by atoms with Gasteiger partial charge >= 0.3 is 0 Å². The Bertz CT molecular complexity index is 861. The molecule has 3 aromatic rings. The molecule has 1 aliphatic carbocycles. The molecule has 2 nitrogen and oxygen atoms in total. The summed E-state index contributed by atoms with van der Waals surface area (Å²) in [6.45, 7) is 0. The molecule has 1 aliphatic rings. The Morgan fingerprint density at radius 3 is 1.77 bits per heavy atom. The molecule has 1 N–H and O–H groups in total. The summed E-state index contributed by atoms with van der Waals surface area (Å²) >= 11 is 0. The number of hydrogen-bond acceptors (Lipinski definition) is 2. The van der Waals surface area contributed by atoms with Crippen molar-refractivity contribution in [1.29, 1.82) is 0 Å². The number of anilines is 4. The largest absolute Gasteiger partial charge is 0.356 e. The van der Waals surface area contributed by atoms with Crippen molar-refractivity contribution in [2.24, 2.45) is 0 Å². The molecule has 0 aliphatic heterocycles. The van der Waals surface area contributed by atoms with Gasteiger partial charge in [-0.2, -0.15) is 0 Å². The van der Waals surface area contributed by atoms with Crippen LogP contribution in [-0.2, 0) is 0 Å². The van der Waals surface area contributed by atoms with Gasteiger partial charge in [-0.1, -0.05) is 48.6 Å². The first-order chi connectivity index (χ1) is 12.9. The number of hydrogen-bond donors (Lipinski definition) is 1. The zero-order chi connectivity index (χ0) is 17.6. The number of allylic oxidation sites excluding steroid dienone is 3. The number of para-hydroxylation sites is 2. The molecule has 0 heterocycles. The van der Waals surface area contributed by atoms with Crippen molar-refractivity contribution in [3.63, 3.8) is 0 Å². The van der Waals surface area contributed by atoms with Crippen molar-refractivity contribution in [3.05, 3.63) is 109 Å². The van der Waals surface area contributed by atoms with Gasteiger partial charge in [0.15, 0.2) is 0 Å². The van der Waals surface area contributed by atoms with Gasteiger partial charge in [-0.15, -0.1) is 0 Å². The average Bonchev–Trinajstić information content (AvgIpc) is 2.72. The molecular weight excluding hydrogens is 316 g/mol. The van der Waals surface area contributed by atoms with Gasteiger partial charge in [0.05, 0.1) is 0 Å². The van der Waals surface area contributed by atoms with Crippen molar-refractivity contribution < 1.29 is 1.43 Å². The van der Waals surface area contributed by atoms with E-state index in [0.29, 0.717) is 0 Å². The summed E-state index contributed by atoms with van der Waals surface area (Å²) in [7, 11) is 0. The van der Waals surface area contributed by atoms with E-state index in [1.165, 1.54) is 5.70 Å². The molecule has 130 valence electrons. The van der Waals surface area contributed by atoms with Gasteiger partial charge in [0.1, 0.15) is 0 Å². The zero-order valence-electron chi connectivity index (χ0n) is 14.7. The van der Waals surface area contributed by atoms with Crippen LogP contribution < -0.4 is 10.2 Å². The van der Waals surface area contributed by atoms with E-state index in [1.807, 2.05) is 12.1 Å². The zero-order valence-corrected chi connectivity index (χ0v) is 14.7. The molecule has 0 spiro atoms. The molecule has 0 fully saturated rings. The lowest BCUT2D eigenvalue weighted by Gasteiger charge is -2.25. The summed E-state index contributed by atoms with van der Waals surface area (Å²) in [6.07, 6.45) is 8.84. The number of nitrogens with zero attached hydrogens (tertiary/aromatic N) is 1. The lowest BCUT2D eigenvalue weighted by molar-refractivity contribution is 1.02. The molecule has 0 atom stereocenters. The van der Waals surface area contributed by atoms with E-state index in [1.54, 1.807) is 0 Å². The van der Waals surface area contributed by atoms with E-state index >= 15 is 0 Å². The highest BCUT2D eigenvalue weighted by Crippen LogP contribution is 2.34. The third-order valence-electron chi connectivity index (χ3n) is 4.44. The maximum absolute atomic E-state index is 3.48. The first kappa shape index (κ1) is 16.2. The fourth-order valence-electron chi connectivity index (χ4n) is 3.17. The van der Waals surface area contributed by atoms with Crippen LogP contribution in [0.1, 0.15) is 14.3 Å². The molecule has 0 unspecified atom stereocenters. The first-order valence-electron chi connectivity index (χ1n) is 9.04. The molecule has 0 radical (unpaired) electrons. The maximum atomic E-state index is 3.48. The van der Waals surface area contributed by atoms with Gasteiger partial charge in [-0.25, -0.2) is 0 Å². The van der Waals surface area contributed by atoms with Crippen LogP contribution in [0, 0.1) is 0 Å². The normalized spacial score (nSPS) is 13.2. The van der Waals surface area contributed by atoms with Crippen molar-refractivity contribution in [2.45, 2.75) is 12.8 Å². The molecule has 0 amide bonds. The first-order valence-corrected chi connectivity index (χ1v) is 9.04. The summed E-state index contributed by atoms with van der Waals surface area (Å²) in [5.41, 5.74) is 5.72. The second kappa shape index (κ2) is 7.75. The quantitative estimate of drug-likeness (QED) is 0.535. The monoisotopic (exact) mass is 340 g/mol. The Balaban J connectivity index is 0.00000210. The van der Waals surface area contributed by atoms with Gasteiger partial charge in [-0.3, -0.25) is 0 Å². The van der Waals surface area contributed by atoms with Crippen molar-refractivity contribution in [1.82, 2.24) is 0 Å². The van der Waals surface area contributed by atoms with Crippen molar-refractivity contribution in [3.8, 4) is 0 Å². The predicted octanol–water partition coefficient (Wildman–Crippen LogP) is 7.05. The second-order valence-corrected chi connectivity index (χ2v) is 6.32. The minimum absolute atomic E-state index is 0. The molecule has 4 rings (SSSR count). The lowest BCUT2D eigenvalue weighted by atomic mass is 10.1. The predicted molar refractivity (Wildman–Crippen MR) is 113 cm³/mol. The van der Waals surface area contributed by atoms with E-state index in [0.717, 1.165) is 35.6 Å². The molecule has 2 heteroatoms. The van der Waals surface area contributed by atoms with Gasteiger partial charge in [0.25, 0.3) is 0 Å². The van der Waals surface area contributed by atoms with Crippen LogP contribution in [0.2, 0.25) is 0 Å². The van der Waals surface area contributed by atoms with Crippen LogP contribution >= 0.6 is 0 Å². The van der Waals surface area contributed by atoms with Crippen LogP contribution in [0.5, 0.6) is 0 Å². The number of benzene rings is 3. The summed E-state index contributed by atoms with van der Waals surface area (Å²) < 4.78 is 0. The van der Waals surface area contributed by atoms with E-state index in [2.05, 4.69) is 101 Å². The average molecular weight is 340 g/mol. The summed E-state index contributed by atoms with van der Waals surface area (Å²) in [4.78, 5) is 2.27. The Hall–Kier alpha value is -3.26. The third-order valence-corrected chi connectivity index (χ3v) is 4.44. The van der Waals surface area contributed by atoms with Gasteiger partial charge in [-0.05, 0) is 67.4 Å². The van der Waals surface area contributed by atoms with Crippen LogP contribution in [0.3, 0.4) is 0 Å². The van der Waals surface area contributed by atoms with E-state index in [-0.39, 0.29) is 1.43 Å². The summed E-state index contributed by atoms with van der Waals surface area (Å²) in [5, 5.41) is 3.48. The molecule has 0 saturated heterocycles. The van der Waals surface area contributed by atoms with Crippen LogP contribution in [0.15, 0.2) is 109 Å². The van der Waals surface area contributed by atoms with Crippen molar-refractivity contribution >= 4 is 22.7 Å². The standard InChI is InChI=1S/C24H22N2.H2/c1-4-10-20(11-5-1)25-21-16-18-24(19-17-21)26(22-12-6-2-7-13-22)23-14-8-3-9-15-23;/h2-4,6-19,25H,1,5H2;1H. The van der Waals surface area contributed by atoms with E-state index in [9.17, 15) is 0 Å². The minimum Gasteiger partial charge on any atom is -0.356 e. The van der Waals surface area contributed by atoms with Gasteiger partial charge in [0, 0.05) is 29.9 Å². The molecular formula is C24H24N2. The fraction of sp³-hybridized carbons (Fsp3) is 0.0833. The highest BCUT2D eigenvalue weighted by atomic mass is 15.1. The Morgan fingerprint density at radius 1 is 0.654 bits per heavy atom. The van der Waals surface area contributed by atoms with Gasteiger partial charge < -0.3 is 10.2 Å². The Labute approximate surface area is 156 Å². The topological polar surface area (TPSA) is 15.3 Å². The van der Waals surface area contributed by atoms with Crippen LogP contribution in [0.4, 0.5) is 22.7 Å².